The molecule has 0 radical (unpaired) electrons. The number of nitrogens with one attached hydrogen (secondary N) is 1. The van der Waals surface area contributed by atoms with Gasteiger partial charge in [-0.2, -0.15) is 0 Å². The van der Waals surface area contributed by atoms with Crippen LogP contribution in [0.15, 0.2) is 42.5 Å². The summed E-state index contributed by atoms with van der Waals surface area (Å²) < 4.78 is 10.8. The van der Waals surface area contributed by atoms with Crippen molar-refractivity contribution in [2.75, 3.05) is 26.1 Å². The molecule has 0 spiro atoms. The number of methoxy groups -OCH3 is 1. The zero-order chi connectivity index (χ0) is 19.6. The van der Waals surface area contributed by atoms with Crippen molar-refractivity contribution in [3.8, 4) is 5.75 Å². The Morgan fingerprint density at radius 2 is 1.96 bits per heavy atom. The quantitative estimate of drug-likeness (QED) is 0.873. The van der Waals surface area contributed by atoms with E-state index in [2.05, 4.69) is 5.32 Å². The van der Waals surface area contributed by atoms with E-state index in [9.17, 15) is 9.59 Å². The number of carbonyl (C=O) groups is 2. The van der Waals surface area contributed by atoms with Crippen molar-refractivity contribution in [3.63, 3.8) is 0 Å². The van der Waals surface area contributed by atoms with Crippen molar-refractivity contribution in [2.24, 2.45) is 0 Å². The van der Waals surface area contributed by atoms with E-state index in [0.717, 1.165) is 11.1 Å². The number of likely N-dealkylation sites (N-methyl/N-ethyl adjacent to an activating group) is 1. The molecule has 0 aliphatic carbocycles. The van der Waals surface area contributed by atoms with Crippen molar-refractivity contribution in [1.29, 1.82) is 0 Å². The average molecular weight is 389 g/mol. The third-order valence-electron chi connectivity index (χ3n) is 4.65. The fraction of sp³-hybridized carbons (Fsp3) is 0.300. The largest absolute Gasteiger partial charge is 0.497 e. The van der Waals surface area contributed by atoms with Gasteiger partial charge in [-0.05, 0) is 48.4 Å². The van der Waals surface area contributed by atoms with Gasteiger partial charge in [0.2, 0.25) is 5.91 Å². The SMILES string of the molecule is COc1ccc(NC(=O)[C@@H]2OCC(=O)N(C)[C@H]2c2ccc(Cl)cc2)c(C)c1. The molecule has 6 nitrogen and oxygen atoms in total. The summed E-state index contributed by atoms with van der Waals surface area (Å²) >= 11 is 5.96. The first kappa shape index (κ1) is 19.2. The summed E-state index contributed by atoms with van der Waals surface area (Å²) in [5, 5.41) is 3.48. The van der Waals surface area contributed by atoms with Crippen LogP contribution in [0.2, 0.25) is 5.02 Å². The summed E-state index contributed by atoms with van der Waals surface area (Å²) in [5.41, 5.74) is 2.31. The number of nitrogens with zero attached hydrogens (tertiary/aromatic N) is 1. The van der Waals surface area contributed by atoms with Crippen LogP contribution in [0.5, 0.6) is 5.75 Å². The lowest BCUT2D eigenvalue weighted by Crippen LogP contribution is -2.51. The molecule has 2 atom stereocenters. The van der Waals surface area contributed by atoms with E-state index >= 15 is 0 Å². The zero-order valence-electron chi connectivity index (χ0n) is 15.4. The Morgan fingerprint density at radius 1 is 1.26 bits per heavy atom. The third kappa shape index (κ3) is 4.07. The summed E-state index contributed by atoms with van der Waals surface area (Å²) in [7, 11) is 3.26. The lowest BCUT2D eigenvalue weighted by molar-refractivity contribution is -0.160. The molecule has 1 aliphatic heterocycles. The second kappa shape index (κ2) is 7.98. The van der Waals surface area contributed by atoms with Crippen LogP contribution in [-0.4, -0.2) is 43.6 Å². The van der Waals surface area contributed by atoms with Gasteiger partial charge >= 0.3 is 0 Å². The van der Waals surface area contributed by atoms with E-state index in [1.165, 1.54) is 4.90 Å². The van der Waals surface area contributed by atoms with Gasteiger partial charge in [-0.3, -0.25) is 9.59 Å². The maximum atomic E-state index is 12.9. The second-order valence-corrected chi connectivity index (χ2v) is 6.84. The van der Waals surface area contributed by atoms with Gasteiger partial charge in [-0.1, -0.05) is 23.7 Å². The van der Waals surface area contributed by atoms with Crippen LogP contribution < -0.4 is 10.1 Å². The zero-order valence-corrected chi connectivity index (χ0v) is 16.1. The Balaban J connectivity index is 1.86. The predicted octanol–water partition coefficient (Wildman–Crippen LogP) is 3.19. The number of aryl methyl sites for hydroxylation is 1. The first-order chi connectivity index (χ1) is 12.9. The predicted molar refractivity (Wildman–Crippen MR) is 103 cm³/mol. The summed E-state index contributed by atoms with van der Waals surface area (Å²) in [5.74, 6) is 0.214. The van der Waals surface area contributed by atoms with Gasteiger partial charge in [-0.25, -0.2) is 0 Å². The van der Waals surface area contributed by atoms with E-state index < -0.39 is 12.1 Å². The van der Waals surface area contributed by atoms with Gasteiger partial charge in [0.25, 0.3) is 5.91 Å². The molecule has 0 unspecified atom stereocenters. The normalized spacial score (nSPS) is 19.7. The van der Waals surface area contributed by atoms with Crippen LogP contribution in [0.25, 0.3) is 0 Å². The van der Waals surface area contributed by atoms with E-state index in [1.54, 1.807) is 50.6 Å². The molecule has 2 aromatic rings. The van der Waals surface area contributed by atoms with Crippen molar-refractivity contribution in [1.82, 2.24) is 4.90 Å². The average Bonchev–Trinajstić information content (AvgIpc) is 2.66. The van der Waals surface area contributed by atoms with Gasteiger partial charge in [0, 0.05) is 17.8 Å². The van der Waals surface area contributed by atoms with E-state index in [0.29, 0.717) is 16.5 Å². The smallest absolute Gasteiger partial charge is 0.256 e. The van der Waals surface area contributed by atoms with Crippen LogP contribution in [0.1, 0.15) is 17.2 Å². The van der Waals surface area contributed by atoms with Gasteiger partial charge in [0.05, 0.1) is 13.2 Å². The number of halogens is 1. The summed E-state index contributed by atoms with van der Waals surface area (Å²) in [4.78, 5) is 26.6. The molecule has 1 heterocycles. The number of anilines is 1. The van der Waals surface area contributed by atoms with Crippen molar-refractivity contribution < 1.29 is 19.1 Å². The minimum atomic E-state index is -0.838. The highest BCUT2D eigenvalue weighted by molar-refractivity contribution is 6.30. The molecule has 2 amide bonds. The molecule has 0 aromatic heterocycles. The number of ether oxygens (including phenoxy) is 2. The first-order valence-corrected chi connectivity index (χ1v) is 8.86. The molecule has 1 N–H and O–H groups in total. The molecule has 1 fully saturated rings. The number of benzene rings is 2. The molecule has 27 heavy (non-hydrogen) atoms. The van der Waals surface area contributed by atoms with Crippen LogP contribution in [-0.2, 0) is 14.3 Å². The molecule has 142 valence electrons. The minimum absolute atomic E-state index is 0.139. The number of amides is 2. The van der Waals surface area contributed by atoms with Crippen LogP contribution in [0.4, 0.5) is 5.69 Å². The second-order valence-electron chi connectivity index (χ2n) is 6.40. The van der Waals surface area contributed by atoms with E-state index in [4.69, 9.17) is 21.1 Å². The Morgan fingerprint density at radius 3 is 2.59 bits per heavy atom. The molecule has 0 bridgehead atoms. The summed E-state index contributed by atoms with van der Waals surface area (Å²) in [6.07, 6.45) is -0.838. The highest BCUT2D eigenvalue weighted by Gasteiger charge is 2.40. The summed E-state index contributed by atoms with van der Waals surface area (Å²) in [6.45, 7) is 1.74. The molecule has 7 heteroatoms. The van der Waals surface area contributed by atoms with Gasteiger partial charge in [-0.15, -0.1) is 0 Å². The fourth-order valence-corrected chi connectivity index (χ4v) is 3.22. The number of rotatable bonds is 4. The highest BCUT2D eigenvalue weighted by Crippen LogP contribution is 2.31. The van der Waals surface area contributed by atoms with Crippen molar-refractivity contribution in [2.45, 2.75) is 19.1 Å². The third-order valence-corrected chi connectivity index (χ3v) is 4.90. The number of morpholine rings is 1. The fourth-order valence-electron chi connectivity index (χ4n) is 3.10. The topological polar surface area (TPSA) is 67.9 Å². The molecule has 3 rings (SSSR count). The van der Waals surface area contributed by atoms with Crippen molar-refractivity contribution >= 4 is 29.1 Å². The molecule has 1 aliphatic rings. The lowest BCUT2D eigenvalue weighted by Gasteiger charge is -2.38. The van der Waals surface area contributed by atoms with Crippen LogP contribution in [0, 0.1) is 6.92 Å². The Labute approximate surface area is 163 Å². The summed E-state index contributed by atoms with van der Waals surface area (Å²) in [6, 6.07) is 11.9. The Bertz CT molecular complexity index is 854. The van der Waals surface area contributed by atoms with E-state index in [1.807, 2.05) is 13.0 Å². The molecule has 1 saturated heterocycles. The molecular formula is C20H21ClN2O4. The van der Waals surface area contributed by atoms with Crippen LogP contribution in [0.3, 0.4) is 0 Å². The first-order valence-electron chi connectivity index (χ1n) is 8.49. The maximum Gasteiger partial charge on any atom is 0.256 e. The number of hydrogen-bond acceptors (Lipinski definition) is 4. The van der Waals surface area contributed by atoms with Crippen molar-refractivity contribution in [3.05, 3.63) is 58.6 Å². The Hall–Kier alpha value is -2.57. The highest BCUT2D eigenvalue weighted by atomic mass is 35.5. The monoisotopic (exact) mass is 388 g/mol. The number of hydrogen-bond donors (Lipinski definition) is 1. The molecule has 2 aromatic carbocycles. The minimum Gasteiger partial charge on any atom is -0.497 e. The van der Waals surface area contributed by atoms with E-state index in [-0.39, 0.29) is 18.4 Å². The number of carbonyl (C=O) groups excluding carboxylic acids is 2. The lowest BCUT2D eigenvalue weighted by atomic mass is 9.97. The van der Waals surface area contributed by atoms with Crippen LogP contribution >= 0.6 is 11.6 Å². The molecule has 0 saturated carbocycles. The molecular weight excluding hydrogens is 368 g/mol. The van der Waals surface area contributed by atoms with Gasteiger partial charge in [0.1, 0.15) is 12.4 Å². The maximum absolute atomic E-state index is 12.9. The Kier molecular flexibility index (Phi) is 5.68. The van der Waals surface area contributed by atoms with Gasteiger partial charge in [0.15, 0.2) is 6.10 Å². The van der Waals surface area contributed by atoms with Gasteiger partial charge < -0.3 is 19.7 Å². The standard InChI is InChI=1S/C20H21ClN2O4/c1-12-10-15(26-3)8-9-16(12)22-20(25)19-18(23(2)17(24)11-27-19)13-4-6-14(21)7-5-13/h4-10,18-19H,11H2,1-3H3,(H,22,25)/t18-,19+/m0/s1.